The van der Waals surface area contributed by atoms with Crippen molar-refractivity contribution >= 4 is 21.9 Å². The molecular weight excluding hydrogens is 272 g/mol. The van der Waals surface area contributed by atoms with Crippen LogP contribution >= 0.6 is 0 Å². The van der Waals surface area contributed by atoms with Crippen LogP contribution in [0.25, 0.3) is 0 Å². The summed E-state index contributed by atoms with van der Waals surface area (Å²) >= 11 is 0. The largest absolute Gasteiger partial charge is 0.464 e. The second-order valence-electron chi connectivity index (χ2n) is 4.51. The van der Waals surface area contributed by atoms with Crippen LogP contribution in [-0.2, 0) is 24.3 Å². The highest BCUT2D eigenvalue weighted by Crippen LogP contribution is 2.20. The summed E-state index contributed by atoms with van der Waals surface area (Å²) in [6.07, 6.45) is 2.18. The van der Waals surface area contributed by atoms with Crippen LogP contribution in [0.5, 0.6) is 0 Å². The predicted molar refractivity (Wildman–Crippen MR) is 68.8 cm³/mol. The Morgan fingerprint density at radius 3 is 2.63 bits per heavy atom. The average Bonchev–Trinajstić information content (AvgIpc) is 2.77. The van der Waals surface area contributed by atoms with E-state index in [4.69, 9.17) is 4.74 Å². The van der Waals surface area contributed by atoms with Gasteiger partial charge < -0.3 is 10.1 Å². The van der Waals surface area contributed by atoms with E-state index in [0.717, 1.165) is 6.26 Å². The molecule has 1 rings (SSSR count). The summed E-state index contributed by atoms with van der Waals surface area (Å²) in [6, 6.07) is -1.51. The normalized spacial score (nSPS) is 21.9. The lowest BCUT2D eigenvalue weighted by atomic mass is 10.2. The Bertz CT molecular complexity index is 448. The van der Waals surface area contributed by atoms with Crippen LogP contribution in [0.1, 0.15) is 26.7 Å². The first-order valence-electron chi connectivity index (χ1n) is 6.21. The summed E-state index contributed by atoms with van der Waals surface area (Å²) in [7, 11) is -3.41. The van der Waals surface area contributed by atoms with Gasteiger partial charge in [-0.1, -0.05) is 0 Å². The molecule has 1 amide bonds. The van der Waals surface area contributed by atoms with Gasteiger partial charge in [0.15, 0.2) is 0 Å². The summed E-state index contributed by atoms with van der Waals surface area (Å²) in [5.74, 6) is -0.983. The quantitative estimate of drug-likeness (QED) is 0.688. The van der Waals surface area contributed by atoms with E-state index in [-0.39, 0.29) is 6.61 Å². The van der Waals surface area contributed by atoms with Crippen molar-refractivity contribution in [2.24, 2.45) is 0 Å². The molecule has 19 heavy (non-hydrogen) atoms. The maximum absolute atomic E-state index is 12.0. The molecule has 1 heterocycles. The molecule has 0 saturated carbocycles. The molecule has 2 atom stereocenters. The van der Waals surface area contributed by atoms with Crippen molar-refractivity contribution in [3.63, 3.8) is 0 Å². The molecule has 1 saturated heterocycles. The number of hydrogen-bond donors (Lipinski definition) is 1. The molecule has 0 aromatic rings. The molecular formula is C11H20N2O5S. The average molecular weight is 292 g/mol. The van der Waals surface area contributed by atoms with Gasteiger partial charge in [-0.15, -0.1) is 0 Å². The zero-order valence-electron chi connectivity index (χ0n) is 11.4. The van der Waals surface area contributed by atoms with Gasteiger partial charge in [-0.05, 0) is 26.7 Å². The van der Waals surface area contributed by atoms with Gasteiger partial charge in [-0.3, -0.25) is 4.79 Å². The van der Waals surface area contributed by atoms with Gasteiger partial charge in [0.2, 0.25) is 15.9 Å². The van der Waals surface area contributed by atoms with Crippen LogP contribution < -0.4 is 5.32 Å². The first kappa shape index (κ1) is 15.9. The van der Waals surface area contributed by atoms with Crippen molar-refractivity contribution in [1.82, 2.24) is 9.62 Å². The van der Waals surface area contributed by atoms with E-state index in [1.165, 1.54) is 11.2 Å². The molecule has 1 aliphatic heterocycles. The predicted octanol–water partition coefficient (Wildman–Crippen LogP) is -0.522. The van der Waals surface area contributed by atoms with E-state index in [0.29, 0.717) is 19.4 Å². The van der Waals surface area contributed by atoms with Crippen molar-refractivity contribution in [1.29, 1.82) is 0 Å². The van der Waals surface area contributed by atoms with Crippen molar-refractivity contribution in [3.8, 4) is 0 Å². The second-order valence-corrected chi connectivity index (χ2v) is 6.45. The maximum atomic E-state index is 12.0. The molecule has 8 heteroatoms. The van der Waals surface area contributed by atoms with Crippen LogP contribution in [0.15, 0.2) is 0 Å². The molecule has 0 aliphatic carbocycles. The zero-order chi connectivity index (χ0) is 14.6. The Kier molecular flexibility index (Phi) is 5.30. The molecule has 1 fully saturated rings. The number of carbonyl (C=O) groups is 2. The van der Waals surface area contributed by atoms with Gasteiger partial charge >= 0.3 is 5.97 Å². The summed E-state index contributed by atoms with van der Waals surface area (Å²) in [4.78, 5) is 23.4. The molecule has 1 N–H and O–H groups in total. The van der Waals surface area contributed by atoms with Gasteiger partial charge in [0, 0.05) is 6.54 Å². The number of rotatable bonds is 5. The third-order valence-corrected chi connectivity index (χ3v) is 4.22. The maximum Gasteiger partial charge on any atom is 0.328 e. The van der Waals surface area contributed by atoms with E-state index in [2.05, 4.69) is 5.32 Å². The number of nitrogens with zero attached hydrogens (tertiary/aromatic N) is 1. The van der Waals surface area contributed by atoms with Gasteiger partial charge in [0.25, 0.3) is 0 Å². The van der Waals surface area contributed by atoms with Crippen molar-refractivity contribution < 1.29 is 22.7 Å². The van der Waals surface area contributed by atoms with Gasteiger partial charge in [0.05, 0.1) is 12.9 Å². The number of carbonyl (C=O) groups excluding carboxylic acids is 2. The number of ether oxygens (including phenoxy) is 1. The van der Waals surface area contributed by atoms with Gasteiger partial charge in [-0.25, -0.2) is 13.2 Å². The third kappa shape index (κ3) is 4.17. The first-order valence-corrected chi connectivity index (χ1v) is 8.06. The van der Waals surface area contributed by atoms with Crippen LogP contribution in [-0.4, -0.2) is 56.1 Å². The molecule has 1 aliphatic rings. The SMILES string of the molecule is CCOC(=O)C(C)NC(=O)C1CCCN1S(C)(=O)=O. The van der Waals surface area contributed by atoms with E-state index >= 15 is 0 Å². The highest BCUT2D eigenvalue weighted by molar-refractivity contribution is 7.88. The number of esters is 1. The second kappa shape index (κ2) is 6.33. The zero-order valence-corrected chi connectivity index (χ0v) is 12.2. The molecule has 0 spiro atoms. The van der Waals surface area contributed by atoms with Crippen molar-refractivity contribution in [2.45, 2.75) is 38.8 Å². The lowest BCUT2D eigenvalue weighted by Crippen LogP contribution is -2.50. The summed E-state index contributed by atoms with van der Waals surface area (Å²) < 4.78 is 29.0. The number of amides is 1. The Morgan fingerprint density at radius 1 is 1.47 bits per heavy atom. The van der Waals surface area contributed by atoms with Crippen LogP contribution in [0.2, 0.25) is 0 Å². The van der Waals surface area contributed by atoms with Gasteiger partial charge in [0.1, 0.15) is 12.1 Å². The number of hydrogen-bond acceptors (Lipinski definition) is 5. The molecule has 110 valence electrons. The Labute approximate surface area is 113 Å². The number of nitrogens with one attached hydrogen (secondary N) is 1. The standard InChI is InChI=1S/C11H20N2O5S/c1-4-18-11(15)8(2)12-10(14)9-6-5-7-13(9)19(3,16)17/h8-9H,4-7H2,1-3H3,(H,12,14). The monoisotopic (exact) mass is 292 g/mol. The fourth-order valence-corrected chi connectivity index (χ4v) is 3.16. The van der Waals surface area contributed by atoms with E-state index in [1.807, 2.05) is 0 Å². The molecule has 0 aromatic carbocycles. The minimum atomic E-state index is -3.41. The van der Waals surface area contributed by atoms with Crippen LogP contribution in [0, 0.1) is 0 Å². The smallest absolute Gasteiger partial charge is 0.328 e. The molecule has 0 aromatic heterocycles. The summed E-state index contributed by atoms with van der Waals surface area (Å²) in [5, 5.41) is 2.49. The van der Waals surface area contributed by atoms with Crippen LogP contribution in [0.3, 0.4) is 0 Å². The van der Waals surface area contributed by atoms with E-state index in [9.17, 15) is 18.0 Å². The van der Waals surface area contributed by atoms with Gasteiger partial charge in [-0.2, -0.15) is 4.31 Å². The molecule has 2 unspecified atom stereocenters. The molecule has 7 nitrogen and oxygen atoms in total. The van der Waals surface area contributed by atoms with E-state index < -0.39 is 34.0 Å². The number of sulfonamides is 1. The Morgan fingerprint density at radius 2 is 2.11 bits per heavy atom. The fourth-order valence-electron chi connectivity index (χ4n) is 2.03. The first-order chi connectivity index (χ1) is 8.77. The lowest BCUT2D eigenvalue weighted by molar-refractivity contribution is -0.147. The van der Waals surface area contributed by atoms with Crippen LogP contribution in [0.4, 0.5) is 0 Å². The minimum absolute atomic E-state index is 0.234. The Hall–Kier alpha value is -1.15. The Balaban J connectivity index is 2.65. The van der Waals surface area contributed by atoms with Crippen molar-refractivity contribution in [2.75, 3.05) is 19.4 Å². The molecule has 0 radical (unpaired) electrons. The summed E-state index contributed by atoms with van der Waals surface area (Å²) in [5.41, 5.74) is 0. The topological polar surface area (TPSA) is 92.8 Å². The fraction of sp³-hybridized carbons (Fsp3) is 0.818. The lowest BCUT2D eigenvalue weighted by Gasteiger charge is -2.22. The van der Waals surface area contributed by atoms with Crippen molar-refractivity contribution in [3.05, 3.63) is 0 Å². The van der Waals surface area contributed by atoms with E-state index in [1.54, 1.807) is 6.92 Å². The minimum Gasteiger partial charge on any atom is -0.464 e. The third-order valence-electron chi connectivity index (χ3n) is 2.93. The highest BCUT2D eigenvalue weighted by atomic mass is 32.2. The molecule has 0 bridgehead atoms. The highest BCUT2D eigenvalue weighted by Gasteiger charge is 2.37. The summed E-state index contributed by atoms with van der Waals surface area (Å²) in [6.45, 7) is 3.76.